The van der Waals surface area contributed by atoms with Crippen molar-refractivity contribution in [1.82, 2.24) is 4.90 Å². The molecule has 2 aliphatic rings. The Hall–Kier alpha value is -2.00. The number of nitro groups is 1. The third kappa shape index (κ3) is 3.45. The summed E-state index contributed by atoms with van der Waals surface area (Å²) in [6.45, 7) is 1.80. The van der Waals surface area contributed by atoms with Crippen molar-refractivity contribution in [3.05, 3.63) is 51.0 Å². The molecule has 3 rings (SSSR count). The summed E-state index contributed by atoms with van der Waals surface area (Å²) < 4.78 is 23.0. The normalized spacial score (nSPS) is 22.8. The second-order valence-corrected chi connectivity index (χ2v) is 9.20. The summed E-state index contributed by atoms with van der Waals surface area (Å²) in [7, 11) is -0.980. The number of aliphatic imine (C=N–C) groups is 1. The molecule has 2 atom stereocenters. The second-order valence-electron chi connectivity index (χ2n) is 5.95. The zero-order valence-corrected chi connectivity index (χ0v) is 16.6. The van der Waals surface area contributed by atoms with Crippen LogP contribution >= 0.6 is 19.4 Å². The maximum Gasteiger partial charge on any atom is 0.377 e. The van der Waals surface area contributed by atoms with Crippen molar-refractivity contribution < 1.29 is 23.3 Å². The maximum atomic E-state index is 12.8. The Labute approximate surface area is 160 Å². The van der Waals surface area contributed by atoms with Crippen molar-refractivity contribution in [2.24, 2.45) is 4.99 Å². The van der Waals surface area contributed by atoms with E-state index in [4.69, 9.17) is 9.05 Å². The van der Waals surface area contributed by atoms with Gasteiger partial charge in [-0.2, -0.15) is 0 Å². The highest BCUT2D eigenvalue weighted by Gasteiger charge is 2.55. The first-order valence-corrected chi connectivity index (χ1v) is 10.6. The third-order valence-electron chi connectivity index (χ3n) is 4.32. The van der Waals surface area contributed by atoms with Crippen LogP contribution in [0.4, 0.5) is 5.69 Å². The fraction of sp³-hybridized carbons (Fsp3) is 0.375. The van der Waals surface area contributed by atoms with Crippen LogP contribution in [-0.2, 0) is 18.4 Å². The summed E-state index contributed by atoms with van der Waals surface area (Å²) in [5, 5.41) is 10.4. The standard InChI is InChI=1S/C16H18N3O6PS/c1-10-9-27-16-13(14(20)18(16)15(10)26(23,24-2)25-3)17-8-11-4-6-12(7-5-11)19(21)22/h4-8,13,16H,9H2,1-3H3/t13-,16+/m0/s1. The maximum absolute atomic E-state index is 12.8. The number of rotatable bonds is 6. The average molecular weight is 411 g/mol. The summed E-state index contributed by atoms with van der Waals surface area (Å²) in [6.07, 6.45) is 1.52. The summed E-state index contributed by atoms with van der Waals surface area (Å²) in [6, 6.07) is 5.27. The van der Waals surface area contributed by atoms with Gasteiger partial charge in [-0.05, 0) is 30.2 Å². The number of thioether (sulfide) groups is 1. The van der Waals surface area contributed by atoms with Crippen molar-refractivity contribution in [2.45, 2.75) is 18.3 Å². The Morgan fingerprint density at radius 1 is 1.33 bits per heavy atom. The second kappa shape index (κ2) is 7.55. The van der Waals surface area contributed by atoms with Crippen LogP contribution in [0.15, 0.2) is 40.3 Å². The van der Waals surface area contributed by atoms with E-state index >= 15 is 0 Å². The van der Waals surface area contributed by atoms with E-state index in [1.54, 1.807) is 19.1 Å². The molecule has 1 amide bonds. The monoisotopic (exact) mass is 411 g/mol. The number of hydrogen-bond donors (Lipinski definition) is 0. The molecular formula is C16H18N3O6PS. The lowest BCUT2D eigenvalue weighted by atomic mass is 10.1. The molecule has 1 aromatic rings. The molecule has 0 saturated carbocycles. The smallest absolute Gasteiger partial charge is 0.308 e. The number of amides is 1. The predicted octanol–water partition coefficient (Wildman–Crippen LogP) is 3.01. The quantitative estimate of drug-likeness (QED) is 0.233. The SMILES string of the molecule is COP(=O)(OC)C1=C(C)CS[C@@H]2[C@@H](N=Cc3ccc([N+](=O)[O-])cc3)C(=O)N12. The van der Waals surface area contributed by atoms with E-state index in [9.17, 15) is 19.5 Å². The van der Waals surface area contributed by atoms with Gasteiger partial charge in [-0.25, -0.2) is 0 Å². The highest BCUT2D eigenvalue weighted by molar-refractivity contribution is 8.00. The van der Waals surface area contributed by atoms with Crippen LogP contribution in [0.5, 0.6) is 0 Å². The van der Waals surface area contributed by atoms with Crippen LogP contribution in [0.25, 0.3) is 0 Å². The van der Waals surface area contributed by atoms with E-state index in [1.807, 2.05) is 0 Å². The first-order valence-electron chi connectivity index (χ1n) is 7.96. The highest BCUT2D eigenvalue weighted by atomic mass is 32.2. The number of benzene rings is 1. The van der Waals surface area contributed by atoms with E-state index in [2.05, 4.69) is 4.99 Å². The van der Waals surface area contributed by atoms with Gasteiger partial charge in [0.25, 0.3) is 11.6 Å². The van der Waals surface area contributed by atoms with E-state index < -0.39 is 18.6 Å². The lowest BCUT2D eigenvalue weighted by Crippen LogP contribution is -2.63. The fourth-order valence-electron chi connectivity index (χ4n) is 2.92. The number of fused-ring (bicyclic) bond motifs is 1. The van der Waals surface area contributed by atoms with Crippen molar-refractivity contribution in [3.8, 4) is 0 Å². The molecule has 144 valence electrons. The molecule has 1 fully saturated rings. The third-order valence-corrected chi connectivity index (χ3v) is 7.81. The Morgan fingerprint density at radius 2 is 1.96 bits per heavy atom. The molecule has 0 N–H and O–H groups in total. The Kier molecular flexibility index (Phi) is 5.53. The number of carbonyl (C=O) groups excluding carboxylic acids is 1. The molecule has 0 aliphatic carbocycles. The van der Waals surface area contributed by atoms with Crippen molar-refractivity contribution in [2.75, 3.05) is 20.0 Å². The molecule has 1 aromatic carbocycles. The van der Waals surface area contributed by atoms with Crippen LogP contribution in [0.3, 0.4) is 0 Å². The minimum absolute atomic E-state index is 0.0129. The molecule has 27 heavy (non-hydrogen) atoms. The molecule has 0 spiro atoms. The molecule has 0 aromatic heterocycles. The van der Waals surface area contributed by atoms with E-state index in [1.165, 1.54) is 49.2 Å². The summed E-state index contributed by atoms with van der Waals surface area (Å²) >= 11 is 1.53. The molecule has 11 heteroatoms. The van der Waals surface area contributed by atoms with Gasteiger partial charge >= 0.3 is 7.60 Å². The lowest BCUT2D eigenvalue weighted by molar-refractivity contribution is -0.384. The summed E-state index contributed by atoms with van der Waals surface area (Å²) in [5.41, 5.74) is 1.71. The zero-order chi connectivity index (χ0) is 19.8. The van der Waals surface area contributed by atoms with Crippen LogP contribution < -0.4 is 0 Å². The number of nitrogens with zero attached hydrogens (tertiary/aromatic N) is 3. The van der Waals surface area contributed by atoms with Gasteiger partial charge in [-0.1, -0.05) is 0 Å². The molecule has 0 radical (unpaired) electrons. The minimum atomic E-state index is -3.56. The van der Waals surface area contributed by atoms with Crippen LogP contribution in [0.1, 0.15) is 12.5 Å². The molecule has 9 nitrogen and oxygen atoms in total. The number of hydrogen-bond acceptors (Lipinski definition) is 8. The average Bonchev–Trinajstić information content (AvgIpc) is 2.67. The van der Waals surface area contributed by atoms with Gasteiger partial charge in [0.15, 0.2) is 6.04 Å². The van der Waals surface area contributed by atoms with Crippen LogP contribution in [0.2, 0.25) is 0 Å². The number of non-ortho nitro benzene ring substituents is 1. The Morgan fingerprint density at radius 3 is 2.52 bits per heavy atom. The Bertz CT molecular complexity index is 877. The topological polar surface area (TPSA) is 111 Å². The molecule has 0 unspecified atom stereocenters. The highest BCUT2D eigenvalue weighted by Crippen LogP contribution is 2.61. The first kappa shape index (κ1) is 19.8. The number of β-lactam (4-membered cyclic amide) rings is 1. The molecule has 1 saturated heterocycles. The number of carbonyl (C=O) groups is 1. The van der Waals surface area contributed by atoms with Gasteiger partial charge in [0.2, 0.25) is 0 Å². The van der Waals surface area contributed by atoms with Gasteiger partial charge in [-0.3, -0.25) is 29.4 Å². The molecule has 0 bridgehead atoms. The van der Waals surface area contributed by atoms with Crippen LogP contribution in [0, 0.1) is 10.1 Å². The van der Waals surface area contributed by atoms with Crippen molar-refractivity contribution >= 4 is 37.2 Å². The van der Waals surface area contributed by atoms with Gasteiger partial charge < -0.3 is 9.05 Å². The van der Waals surface area contributed by atoms with Crippen molar-refractivity contribution in [1.29, 1.82) is 0 Å². The fourth-order valence-corrected chi connectivity index (χ4v) is 5.92. The molecule has 2 aliphatic heterocycles. The van der Waals surface area contributed by atoms with Crippen LogP contribution in [-0.4, -0.2) is 53.3 Å². The summed E-state index contributed by atoms with van der Waals surface area (Å²) in [4.78, 5) is 28.6. The summed E-state index contributed by atoms with van der Waals surface area (Å²) in [5.74, 6) is 0.304. The predicted molar refractivity (Wildman–Crippen MR) is 102 cm³/mol. The number of nitro benzene ring substituents is 1. The van der Waals surface area contributed by atoms with E-state index in [0.29, 0.717) is 16.8 Å². The first-order chi connectivity index (χ1) is 12.8. The van der Waals surface area contributed by atoms with Crippen molar-refractivity contribution in [3.63, 3.8) is 0 Å². The van der Waals surface area contributed by atoms with Gasteiger partial charge in [0.05, 0.1) is 4.92 Å². The van der Waals surface area contributed by atoms with E-state index in [0.717, 1.165) is 5.57 Å². The van der Waals surface area contributed by atoms with Gasteiger partial charge in [0.1, 0.15) is 10.8 Å². The van der Waals surface area contributed by atoms with Gasteiger partial charge in [-0.15, -0.1) is 11.8 Å². The largest absolute Gasteiger partial charge is 0.377 e. The molecular weight excluding hydrogens is 393 g/mol. The lowest BCUT2D eigenvalue weighted by Gasteiger charge is -2.49. The van der Waals surface area contributed by atoms with Gasteiger partial charge in [0, 0.05) is 38.3 Å². The molecule has 2 heterocycles. The minimum Gasteiger partial charge on any atom is -0.308 e. The van der Waals surface area contributed by atoms with E-state index in [-0.39, 0.29) is 17.0 Å². The Balaban J connectivity index is 1.80. The zero-order valence-electron chi connectivity index (χ0n) is 14.9.